The Morgan fingerprint density at radius 3 is 2.85 bits per heavy atom. The minimum absolute atomic E-state index is 0.0499. The van der Waals surface area contributed by atoms with Crippen LogP contribution < -0.4 is 4.72 Å². The van der Waals surface area contributed by atoms with Crippen LogP contribution in [0.25, 0.3) is 10.9 Å². The molecule has 1 atom stereocenters. The second-order valence-corrected chi connectivity index (χ2v) is 7.80. The fourth-order valence-electron chi connectivity index (χ4n) is 2.73. The largest absolute Gasteiger partial charge is 0.478 e. The summed E-state index contributed by atoms with van der Waals surface area (Å²) in [7, 11) is -3.81. The van der Waals surface area contributed by atoms with Gasteiger partial charge in [0.25, 0.3) is 0 Å². The number of nitrogens with zero attached hydrogens (tertiary/aromatic N) is 3. The Balaban J connectivity index is 1.85. The molecule has 2 aromatic heterocycles. The number of carbonyl (C=O) groups is 1. The number of aryl methyl sites for hydroxylation is 1. The summed E-state index contributed by atoms with van der Waals surface area (Å²) >= 11 is 0. The van der Waals surface area contributed by atoms with E-state index in [9.17, 15) is 13.2 Å². The maximum absolute atomic E-state index is 12.8. The Hall–Kier alpha value is -2.78. The number of aromatic carboxylic acids is 1. The van der Waals surface area contributed by atoms with Crippen LogP contribution in [0.1, 0.15) is 22.8 Å². The molecule has 1 aromatic carbocycles. The van der Waals surface area contributed by atoms with Gasteiger partial charge in [-0.25, -0.2) is 17.9 Å². The van der Waals surface area contributed by atoms with Crippen LogP contribution in [0.5, 0.6) is 0 Å². The van der Waals surface area contributed by atoms with E-state index in [2.05, 4.69) is 14.8 Å². The lowest BCUT2D eigenvalue weighted by Crippen LogP contribution is -2.36. The van der Waals surface area contributed by atoms with E-state index < -0.39 is 22.0 Å². The zero-order chi connectivity index (χ0) is 18.9. The number of hydrogen-bond donors (Lipinski definition) is 2. The van der Waals surface area contributed by atoms with E-state index in [1.54, 1.807) is 25.3 Å². The number of nitrogens with one attached hydrogen (secondary N) is 1. The second-order valence-electron chi connectivity index (χ2n) is 6.12. The average Bonchev–Trinajstić information content (AvgIpc) is 3.02. The van der Waals surface area contributed by atoms with Crippen molar-refractivity contribution in [2.45, 2.75) is 31.3 Å². The van der Waals surface area contributed by atoms with Crippen molar-refractivity contribution in [2.24, 2.45) is 0 Å². The van der Waals surface area contributed by atoms with Crippen LogP contribution >= 0.6 is 0 Å². The fraction of sp³-hybridized carbons (Fsp3) is 0.235. The lowest BCUT2D eigenvalue weighted by Gasteiger charge is -2.15. The highest BCUT2D eigenvalue weighted by Gasteiger charge is 2.22. The first-order valence-corrected chi connectivity index (χ1v) is 9.38. The highest BCUT2D eigenvalue weighted by Crippen LogP contribution is 2.23. The van der Waals surface area contributed by atoms with E-state index in [1.165, 1.54) is 17.1 Å². The molecule has 1 unspecified atom stereocenters. The van der Waals surface area contributed by atoms with Crippen LogP contribution in [-0.4, -0.2) is 40.3 Å². The van der Waals surface area contributed by atoms with Gasteiger partial charge in [0.15, 0.2) is 0 Å². The number of aromatic nitrogens is 3. The number of rotatable bonds is 6. The van der Waals surface area contributed by atoms with Gasteiger partial charge in [0.2, 0.25) is 10.0 Å². The molecule has 0 aliphatic rings. The van der Waals surface area contributed by atoms with Gasteiger partial charge in [0, 0.05) is 23.8 Å². The third-order valence-electron chi connectivity index (χ3n) is 3.80. The molecule has 0 saturated heterocycles. The normalized spacial score (nSPS) is 13.0. The molecule has 8 nitrogen and oxygen atoms in total. The minimum atomic E-state index is -3.81. The molecule has 0 bridgehead atoms. The number of fused-ring (bicyclic) bond motifs is 1. The highest BCUT2D eigenvalue weighted by atomic mass is 32.2. The predicted octanol–water partition coefficient (Wildman–Crippen LogP) is 1.80. The summed E-state index contributed by atoms with van der Waals surface area (Å²) in [6.07, 6.45) is 4.13. The Bertz CT molecular complexity index is 1080. The van der Waals surface area contributed by atoms with Crippen LogP contribution in [0.2, 0.25) is 0 Å². The molecule has 26 heavy (non-hydrogen) atoms. The molecule has 3 rings (SSSR count). The molecule has 0 amide bonds. The van der Waals surface area contributed by atoms with E-state index in [0.29, 0.717) is 5.52 Å². The SMILES string of the molecule is Cc1cc(S(=O)(=O)NC(C)Cn2cc(C(=O)O)cn2)c2ncccc2c1. The average molecular weight is 374 g/mol. The lowest BCUT2D eigenvalue weighted by molar-refractivity contribution is 0.0696. The third kappa shape index (κ3) is 3.73. The summed E-state index contributed by atoms with van der Waals surface area (Å²) in [4.78, 5) is 15.2. The first-order valence-electron chi connectivity index (χ1n) is 7.90. The van der Waals surface area contributed by atoms with E-state index in [-0.39, 0.29) is 17.0 Å². The van der Waals surface area contributed by atoms with Crippen LogP contribution in [0.15, 0.2) is 47.8 Å². The number of carboxylic acids is 1. The highest BCUT2D eigenvalue weighted by molar-refractivity contribution is 7.89. The summed E-state index contributed by atoms with van der Waals surface area (Å²) < 4.78 is 29.7. The summed E-state index contributed by atoms with van der Waals surface area (Å²) in [6, 6.07) is 6.53. The van der Waals surface area contributed by atoms with Crippen molar-refractivity contribution in [3.05, 3.63) is 54.0 Å². The van der Waals surface area contributed by atoms with Gasteiger partial charge in [-0.05, 0) is 37.6 Å². The molecule has 3 aromatic rings. The smallest absolute Gasteiger partial charge is 0.338 e. The molecule has 0 fully saturated rings. The zero-order valence-electron chi connectivity index (χ0n) is 14.2. The quantitative estimate of drug-likeness (QED) is 0.680. The molecule has 0 aliphatic heterocycles. The van der Waals surface area contributed by atoms with Crippen molar-refractivity contribution in [3.8, 4) is 0 Å². The third-order valence-corrected chi connectivity index (χ3v) is 5.40. The van der Waals surface area contributed by atoms with Gasteiger partial charge in [-0.2, -0.15) is 5.10 Å². The molecule has 136 valence electrons. The number of hydrogen-bond acceptors (Lipinski definition) is 5. The maximum atomic E-state index is 12.8. The van der Waals surface area contributed by atoms with Crippen LogP contribution in [0.3, 0.4) is 0 Å². The number of benzene rings is 1. The monoisotopic (exact) mass is 374 g/mol. The Morgan fingerprint density at radius 2 is 2.15 bits per heavy atom. The van der Waals surface area contributed by atoms with Crippen molar-refractivity contribution in [1.29, 1.82) is 0 Å². The molecular weight excluding hydrogens is 356 g/mol. The molecular formula is C17H18N4O4S. The second kappa shape index (κ2) is 6.85. The molecule has 0 saturated carbocycles. The van der Waals surface area contributed by atoms with Gasteiger partial charge in [-0.1, -0.05) is 6.07 Å². The van der Waals surface area contributed by atoms with Crippen molar-refractivity contribution in [1.82, 2.24) is 19.5 Å². The summed E-state index contributed by atoms with van der Waals surface area (Å²) in [5.41, 5.74) is 1.27. The van der Waals surface area contributed by atoms with E-state index in [0.717, 1.165) is 10.9 Å². The molecule has 9 heteroatoms. The Kier molecular flexibility index (Phi) is 4.75. The van der Waals surface area contributed by atoms with Crippen molar-refractivity contribution in [2.75, 3.05) is 0 Å². The molecule has 2 heterocycles. The molecule has 0 radical (unpaired) electrons. The number of pyridine rings is 1. The number of carboxylic acid groups (broad SMARTS) is 1. The first kappa shape index (κ1) is 18.0. The van der Waals surface area contributed by atoms with E-state index >= 15 is 0 Å². The van der Waals surface area contributed by atoms with Gasteiger partial charge in [0.05, 0.1) is 23.8 Å². The Morgan fingerprint density at radius 1 is 1.38 bits per heavy atom. The topological polar surface area (TPSA) is 114 Å². The van der Waals surface area contributed by atoms with Gasteiger partial charge in [0.1, 0.15) is 4.90 Å². The van der Waals surface area contributed by atoms with Crippen molar-refractivity contribution >= 4 is 26.9 Å². The lowest BCUT2D eigenvalue weighted by atomic mass is 10.1. The van der Waals surface area contributed by atoms with Gasteiger partial charge < -0.3 is 5.11 Å². The van der Waals surface area contributed by atoms with Crippen LogP contribution in [0.4, 0.5) is 0 Å². The van der Waals surface area contributed by atoms with Crippen LogP contribution in [-0.2, 0) is 16.6 Å². The van der Waals surface area contributed by atoms with Crippen LogP contribution in [0, 0.1) is 6.92 Å². The predicted molar refractivity (Wildman–Crippen MR) is 95.4 cm³/mol. The molecule has 0 aliphatic carbocycles. The first-order chi connectivity index (χ1) is 12.3. The van der Waals surface area contributed by atoms with Crippen molar-refractivity contribution < 1.29 is 18.3 Å². The standard InChI is InChI=1S/C17H18N4O4S/c1-11-6-13-4-3-5-18-16(13)15(7-11)26(24,25)20-12(2)9-21-10-14(8-19-21)17(22)23/h3-8,10,12,20H,9H2,1-2H3,(H,22,23). The maximum Gasteiger partial charge on any atom is 0.338 e. The summed E-state index contributed by atoms with van der Waals surface area (Å²) in [5, 5.41) is 13.6. The summed E-state index contributed by atoms with van der Waals surface area (Å²) in [6.45, 7) is 3.71. The zero-order valence-corrected chi connectivity index (χ0v) is 15.1. The number of sulfonamides is 1. The molecule has 2 N–H and O–H groups in total. The van der Waals surface area contributed by atoms with E-state index in [1.807, 2.05) is 19.1 Å². The minimum Gasteiger partial charge on any atom is -0.478 e. The molecule has 0 spiro atoms. The van der Waals surface area contributed by atoms with Crippen molar-refractivity contribution in [3.63, 3.8) is 0 Å². The van der Waals surface area contributed by atoms with Gasteiger partial charge in [-0.3, -0.25) is 9.67 Å². The Labute approximate surface area is 150 Å². The van der Waals surface area contributed by atoms with E-state index in [4.69, 9.17) is 5.11 Å². The van der Waals surface area contributed by atoms with Gasteiger partial charge in [-0.15, -0.1) is 0 Å². The fourth-order valence-corrected chi connectivity index (χ4v) is 4.22. The summed E-state index contributed by atoms with van der Waals surface area (Å²) in [5.74, 6) is -1.08. The van der Waals surface area contributed by atoms with Gasteiger partial charge >= 0.3 is 5.97 Å².